The smallest absolute Gasteiger partial charge is 0.239 e. The Morgan fingerprint density at radius 2 is 1.36 bits per heavy atom. The number of methoxy groups -OCH3 is 1. The molecule has 0 aliphatic carbocycles. The molecule has 0 radical (unpaired) electrons. The van der Waals surface area contributed by atoms with E-state index in [4.69, 9.17) is 37.6 Å². The summed E-state index contributed by atoms with van der Waals surface area (Å²) in [5.41, 5.74) is -1.37. The highest BCUT2D eigenvalue weighted by molar-refractivity contribution is 5.88. The van der Waals surface area contributed by atoms with Crippen molar-refractivity contribution in [3.05, 3.63) is 40.6 Å². The van der Waals surface area contributed by atoms with Crippen molar-refractivity contribution in [1.29, 1.82) is 0 Å². The first-order valence-electron chi connectivity index (χ1n) is 16.9. The minimum Gasteiger partial charge on any atom is -0.508 e. The minimum atomic E-state index is -2.06. The SMILES string of the molecule is COc1cc(-c2oc3cc(O)cc(O)c3c(=O)c2O[C@@H]2O[C@H](CO[C@@H]3O[C@H](CO)[C@@H](O)[C@H](O)[C@H]3O)[C@@H](O)[C@H](O)[C@H]2O[C@@H]2O[C@@H](C)[C@H](O)[C@@H](O)[C@@H]2O)ccc1O. The number of hydrogen-bond donors (Lipinski definition) is 12. The van der Waals surface area contributed by atoms with Crippen molar-refractivity contribution in [3.8, 4) is 40.1 Å². The molecular formula is C34H42O21. The molecule has 1 aromatic heterocycles. The summed E-state index contributed by atoms with van der Waals surface area (Å²) in [5.74, 6) is -2.73. The molecule has 55 heavy (non-hydrogen) atoms. The maximum absolute atomic E-state index is 14.2. The van der Waals surface area contributed by atoms with E-state index in [0.717, 1.165) is 12.1 Å². The molecule has 3 fully saturated rings. The second kappa shape index (κ2) is 16.3. The quantitative estimate of drug-likeness (QED) is 0.0946. The van der Waals surface area contributed by atoms with Crippen LogP contribution < -0.4 is 14.9 Å². The van der Waals surface area contributed by atoms with Crippen LogP contribution in [0.25, 0.3) is 22.3 Å². The molecule has 6 rings (SSSR count). The molecule has 3 aliphatic rings. The zero-order valence-electron chi connectivity index (χ0n) is 29.0. The Balaban J connectivity index is 1.41. The molecule has 0 bridgehead atoms. The fourth-order valence-electron chi connectivity index (χ4n) is 6.46. The Bertz CT molecular complexity index is 1870. The predicted octanol–water partition coefficient (Wildman–Crippen LogP) is -3.56. The number of fused-ring (bicyclic) bond motifs is 1. The number of aliphatic hydroxyl groups excluding tert-OH is 9. The number of aromatic hydroxyl groups is 3. The van der Waals surface area contributed by atoms with E-state index in [0.29, 0.717) is 0 Å². The number of aliphatic hydroxyl groups is 9. The van der Waals surface area contributed by atoms with Gasteiger partial charge in [0.1, 0.15) is 83.5 Å². The molecule has 21 nitrogen and oxygen atoms in total. The number of phenolic OH excluding ortho intramolecular Hbond substituents is 3. The Morgan fingerprint density at radius 1 is 0.709 bits per heavy atom. The number of phenols is 3. The number of hydrogen-bond acceptors (Lipinski definition) is 21. The predicted molar refractivity (Wildman–Crippen MR) is 178 cm³/mol. The maximum Gasteiger partial charge on any atom is 0.239 e. The molecule has 2 aromatic carbocycles. The minimum absolute atomic E-state index is 0.0276. The van der Waals surface area contributed by atoms with E-state index in [9.17, 15) is 66.1 Å². The lowest BCUT2D eigenvalue weighted by Crippen LogP contribution is -2.65. The first kappa shape index (κ1) is 40.7. The second-order valence-electron chi connectivity index (χ2n) is 13.3. The molecule has 12 N–H and O–H groups in total. The fourth-order valence-corrected chi connectivity index (χ4v) is 6.46. The van der Waals surface area contributed by atoms with Crippen LogP contribution in [0.15, 0.2) is 39.5 Å². The highest BCUT2D eigenvalue weighted by Gasteiger charge is 2.52. The van der Waals surface area contributed by atoms with Gasteiger partial charge in [0, 0.05) is 17.7 Å². The molecule has 0 unspecified atom stereocenters. The molecule has 4 heterocycles. The molecule has 15 atom stereocenters. The van der Waals surface area contributed by atoms with Crippen molar-refractivity contribution in [3.63, 3.8) is 0 Å². The lowest BCUT2D eigenvalue weighted by atomic mass is 9.97. The van der Waals surface area contributed by atoms with Gasteiger partial charge >= 0.3 is 0 Å². The highest BCUT2D eigenvalue weighted by atomic mass is 16.8. The number of ether oxygens (including phenoxy) is 7. The van der Waals surface area contributed by atoms with Crippen molar-refractivity contribution < 1.29 is 98.9 Å². The van der Waals surface area contributed by atoms with Gasteiger partial charge in [-0.15, -0.1) is 0 Å². The van der Waals surface area contributed by atoms with Crippen LogP contribution in [0, 0.1) is 0 Å². The summed E-state index contributed by atoms with van der Waals surface area (Å²) in [6.45, 7) is -0.187. The molecule has 3 saturated heterocycles. The van der Waals surface area contributed by atoms with Gasteiger partial charge in [0.2, 0.25) is 17.5 Å². The molecule has 21 heteroatoms. The van der Waals surface area contributed by atoms with Gasteiger partial charge in [-0.1, -0.05) is 0 Å². The van der Waals surface area contributed by atoms with E-state index in [-0.39, 0.29) is 22.6 Å². The molecule has 304 valence electrons. The lowest BCUT2D eigenvalue weighted by molar-refractivity contribution is -0.360. The first-order valence-corrected chi connectivity index (χ1v) is 16.9. The van der Waals surface area contributed by atoms with Crippen LogP contribution in [0.1, 0.15) is 6.92 Å². The highest BCUT2D eigenvalue weighted by Crippen LogP contribution is 2.40. The normalized spacial score (nSPS) is 36.8. The van der Waals surface area contributed by atoms with Crippen molar-refractivity contribution >= 4 is 11.0 Å². The van der Waals surface area contributed by atoms with Crippen molar-refractivity contribution in [2.75, 3.05) is 20.3 Å². The van der Waals surface area contributed by atoms with Gasteiger partial charge in [-0.3, -0.25) is 4.79 Å². The van der Waals surface area contributed by atoms with E-state index in [2.05, 4.69) is 0 Å². The van der Waals surface area contributed by atoms with Crippen LogP contribution in [0.3, 0.4) is 0 Å². The largest absolute Gasteiger partial charge is 0.508 e. The van der Waals surface area contributed by atoms with Gasteiger partial charge in [-0.2, -0.15) is 0 Å². The Hall–Kier alpha value is -3.91. The summed E-state index contributed by atoms with van der Waals surface area (Å²) in [6.07, 6.45) is -26.3. The molecule has 3 aromatic rings. The zero-order valence-corrected chi connectivity index (χ0v) is 29.0. The topological polar surface area (TPSA) is 338 Å². The van der Waals surface area contributed by atoms with Crippen LogP contribution in [0.5, 0.6) is 28.7 Å². The molecule has 0 saturated carbocycles. The molecule has 0 amide bonds. The van der Waals surface area contributed by atoms with Crippen LogP contribution in [0.2, 0.25) is 0 Å². The van der Waals surface area contributed by atoms with E-state index in [1.165, 1.54) is 32.2 Å². The monoisotopic (exact) mass is 786 g/mol. The average molecular weight is 787 g/mol. The summed E-state index contributed by atoms with van der Waals surface area (Å²) in [7, 11) is 1.25. The average Bonchev–Trinajstić information content (AvgIpc) is 3.15. The van der Waals surface area contributed by atoms with E-state index in [1.54, 1.807) is 0 Å². The summed E-state index contributed by atoms with van der Waals surface area (Å²) >= 11 is 0. The molecule has 0 spiro atoms. The van der Waals surface area contributed by atoms with E-state index < -0.39 is 139 Å². The van der Waals surface area contributed by atoms with Crippen LogP contribution in [0.4, 0.5) is 0 Å². The summed E-state index contributed by atoms with van der Waals surface area (Å²) in [4.78, 5) is 14.2. The fraction of sp³-hybridized carbons (Fsp3) is 0.559. The van der Waals surface area contributed by atoms with Gasteiger partial charge in [0.05, 0.1) is 26.4 Å². The number of benzene rings is 2. The van der Waals surface area contributed by atoms with Gasteiger partial charge < -0.3 is 98.9 Å². The van der Waals surface area contributed by atoms with Gasteiger partial charge in [-0.05, 0) is 25.1 Å². The molecule has 3 aliphatic heterocycles. The maximum atomic E-state index is 14.2. The van der Waals surface area contributed by atoms with Crippen molar-refractivity contribution in [1.82, 2.24) is 0 Å². The van der Waals surface area contributed by atoms with Gasteiger partial charge in [0.25, 0.3) is 0 Å². The standard InChI is InChI=1S/C34H42O21/c1-10-20(39)24(43)28(47)33(50-10)55-31-26(45)22(41)18(9-49-32-27(46)25(44)21(40)17(8-35)52-32)53-34(31)54-30-23(42)19-14(38)6-12(36)7-16(19)51-29(30)11-3-4-13(37)15(5-11)48-2/h3-7,10,17-18,20-22,24-28,31-41,43-47H,8-9H2,1-2H3/t10-,17+,18+,20-,21+,22+,24+,25-,26-,27+,28-,31+,32+,33-,34-/m0/s1. The van der Waals surface area contributed by atoms with E-state index >= 15 is 0 Å². The Kier molecular flexibility index (Phi) is 12.1. The van der Waals surface area contributed by atoms with E-state index in [1.807, 2.05) is 0 Å². The summed E-state index contributed by atoms with van der Waals surface area (Å²) in [5, 5.41) is 125. The summed E-state index contributed by atoms with van der Waals surface area (Å²) < 4.78 is 45.4. The Labute approximate surface area is 309 Å². The summed E-state index contributed by atoms with van der Waals surface area (Å²) in [6, 6.07) is 5.62. The number of rotatable bonds is 10. The zero-order chi connectivity index (χ0) is 40.0. The third-order valence-electron chi connectivity index (χ3n) is 9.61. The van der Waals surface area contributed by atoms with Crippen LogP contribution >= 0.6 is 0 Å². The third-order valence-corrected chi connectivity index (χ3v) is 9.61. The van der Waals surface area contributed by atoms with Crippen molar-refractivity contribution in [2.24, 2.45) is 0 Å². The van der Waals surface area contributed by atoms with Crippen molar-refractivity contribution in [2.45, 2.75) is 99.0 Å². The van der Waals surface area contributed by atoms with Crippen LogP contribution in [-0.2, 0) is 23.7 Å². The van der Waals surface area contributed by atoms with Gasteiger partial charge in [0.15, 0.2) is 35.9 Å². The lowest BCUT2D eigenvalue weighted by Gasteiger charge is -2.46. The second-order valence-corrected chi connectivity index (χ2v) is 13.3. The van der Waals surface area contributed by atoms with Crippen LogP contribution in [-0.4, -0.2) is 174 Å². The molecular weight excluding hydrogens is 744 g/mol. The third kappa shape index (κ3) is 7.77. The first-order chi connectivity index (χ1) is 26.1. The van der Waals surface area contributed by atoms with Gasteiger partial charge in [-0.25, -0.2) is 0 Å². The Morgan fingerprint density at radius 3 is 2.05 bits per heavy atom.